The average Bonchev–Trinajstić information content (AvgIpc) is 2.48. The van der Waals surface area contributed by atoms with Crippen molar-refractivity contribution in [2.24, 2.45) is 11.1 Å². The molecule has 1 aliphatic rings. The largest absolute Gasteiger partial charge is 0.480 e. The summed E-state index contributed by atoms with van der Waals surface area (Å²) in [6.45, 7) is 3.50. The topological polar surface area (TPSA) is 63.3 Å². The summed E-state index contributed by atoms with van der Waals surface area (Å²) in [6.07, 6.45) is 1.87. The maximum atomic E-state index is 10.6. The molecule has 0 spiro atoms. The Balaban J connectivity index is 2.77. The minimum atomic E-state index is -1.03. The van der Waals surface area contributed by atoms with Crippen molar-refractivity contribution in [3.63, 3.8) is 0 Å². The van der Waals surface area contributed by atoms with E-state index in [0.29, 0.717) is 0 Å². The number of hydrogen-bond acceptors (Lipinski definition) is 2. The number of carbonyl (C=O) groups is 1. The Hall–Kier alpha value is -0.570. The number of carboxylic acids is 1. The highest BCUT2D eigenvalue weighted by atomic mass is 16.4. The summed E-state index contributed by atoms with van der Waals surface area (Å²) in [5, 5.41) is 8.69. The van der Waals surface area contributed by atoms with Crippen LogP contribution < -0.4 is 5.73 Å². The second kappa shape index (κ2) is 1.72. The maximum absolute atomic E-state index is 10.6. The number of carboxylic acid groups (broad SMARTS) is 1. The first-order valence-corrected chi connectivity index (χ1v) is 3.42. The molecule has 1 atom stereocenters. The predicted octanol–water partition coefficient (Wildman–Crippen LogP) is 0.588. The second-order valence-corrected chi connectivity index (χ2v) is 3.57. The molecule has 0 aliphatic heterocycles. The van der Waals surface area contributed by atoms with Gasteiger partial charge in [-0.25, -0.2) is 0 Å². The van der Waals surface area contributed by atoms with Crippen LogP contribution in [0, 0.1) is 5.41 Å². The SMILES string of the molecule is CC1([C@](C)(N)C(=O)O)CC1. The van der Waals surface area contributed by atoms with Crippen molar-refractivity contribution in [2.75, 3.05) is 0 Å². The summed E-state index contributed by atoms with van der Waals surface area (Å²) in [6, 6.07) is 0. The van der Waals surface area contributed by atoms with Gasteiger partial charge in [0.1, 0.15) is 5.54 Å². The summed E-state index contributed by atoms with van der Waals surface area (Å²) in [5.41, 5.74) is 4.41. The van der Waals surface area contributed by atoms with Crippen LogP contribution in [0.15, 0.2) is 0 Å². The molecule has 0 heterocycles. The molecule has 3 N–H and O–H groups in total. The number of hydrogen-bond donors (Lipinski definition) is 2. The second-order valence-electron chi connectivity index (χ2n) is 3.57. The highest BCUT2D eigenvalue weighted by Gasteiger charge is 2.55. The van der Waals surface area contributed by atoms with Gasteiger partial charge in [0, 0.05) is 0 Å². The van der Waals surface area contributed by atoms with Crippen molar-refractivity contribution < 1.29 is 9.90 Å². The molecule has 0 saturated heterocycles. The Morgan fingerprint density at radius 2 is 2.10 bits per heavy atom. The van der Waals surface area contributed by atoms with Crippen molar-refractivity contribution in [2.45, 2.75) is 32.2 Å². The molecule has 3 nitrogen and oxygen atoms in total. The van der Waals surface area contributed by atoms with Crippen molar-refractivity contribution in [1.29, 1.82) is 0 Å². The van der Waals surface area contributed by atoms with E-state index in [1.165, 1.54) is 0 Å². The van der Waals surface area contributed by atoms with Gasteiger partial charge in [0.15, 0.2) is 0 Å². The lowest BCUT2D eigenvalue weighted by Crippen LogP contribution is -2.51. The van der Waals surface area contributed by atoms with E-state index in [4.69, 9.17) is 10.8 Å². The van der Waals surface area contributed by atoms with Crippen LogP contribution in [-0.2, 0) is 4.79 Å². The van der Waals surface area contributed by atoms with Crippen LogP contribution in [-0.4, -0.2) is 16.6 Å². The van der Waals surface area contributed by atoms with E-state index >= 15 is 0 Å². The van der Waals surface area contributed by atoms with Crippen LogP contribution in [0.1, 0.15) is 26.7 Å². The Morgan fingerprint density at radius 1 is 1.70 bits per heavy atom. The molecule has 10 heavy (non-hydrogen) atoms. The summed E-state index contributed by atoms with van der Waals surface area (Å²) in [7, 11) is 0. The predicted molar refractivity (Wildman–Crippen MR) is 37.6 cm³/mol. The van der Waals surface area contributed by atoms with E-state index in [-0.39, 0.29) is 5.41 Å². The zero-order valence-electron chi connectivity index (χ0n) is 6.35. The number of aliphatic carboxylic acids is 1. The molecule has 1 fully saturated rings. The monoisotopic (exact) mass is 143 g/mol. The third kappa shape index (κ3) is 0.814. The third-order valence-corrected chi connectivity index (χ3v) is 2.70. The smallest absolute Gasteiger partial charge is 0.323 e. The summed E-state index contributed by atoms with van der Waals surface area (Å²) in [4.78, 5) is 10.6. The normalized spacial score (nSPS) is 27.1. The van der Waals surface area contributed by atoms with E-state index in [1.807, 2.05) is 6.92 Å². The molecule has 0 bridgehead atoms. The van der Waals surface area contributed by atoms with E-state index in [9.17, 15) is 4.79 Å². The standard InChI is InChI=1S/C7H13NO2/c1-6(3-4-6)7(2,8)5(9)10/h3-4,8H2,1-2H3,(H,9,10)/t7-/m1/s1. The zero-order chi connectivity index (χ0) is 7.99. The van der Waals surface area contributed by atoms with Crippen molar-refractivity contribution in [3.05, 3.63) is 0 Å². The summed E-state index contributed by atoms with van der Waals surface area (Å²) >= 11 is 0. The highest BCUT2D eigenvalue weighted by molar-refractivity contribution is 5.79. The molecule has 0 aromatic rings. The van der Waals surface area contributed by atoms with Gasteiger partial charge in [-0.1, -0.05) is 6.92 Å². The van der Waals surface area contributed by atoms with Crippen LogP contribution in [0.4, 0.5) is 0 Å². The van der Waals surface area contributed by atoms with Crippen molar-refractivity contribution in [1.82, 2.24) is 0 Å². The molecule has 1 rings (SSSR count). The van der Waals surface area contributed by atoms with Gasteiger partial charge < -0.3 is 10.8 Å². The van der Waals surface area contributed by atoms with Gasteiger partial charge in [-0.3, -0.25) is 4.79 Å². The van der Waals surface area contributed by atoms with Gasteiger partial charge in [0.25, 0.3) is 0 Å². The van der Waals surface area contributed by atoms with Gasteiger partial charge in [-0.05, 0) is 25.2 Å². The van der Waals surface area contributed by atoms with Crippen LogP contribution in [0.25, 0.3) is 0 Å². The zero-order valence-corrected chi connectivity index (χ0v) is 6.35. The van der Waals surface area contributed by atoms with Gasteiger partial charge in [0.2, 0.25) is 0 Å². The maximum Gasteiger partial charge on any atom is 0.323 e. The molecular formula is C7H13NO2. The van der Waals surface area contributed by atoms with Crippen molar-refractivity contribution >= 4 is 5.97 Å². The van der Waals surface area contributed by atoms with Gasteiger partial charge in [-0.15, -0.1) is 0 Å². The molecule has 0 unspecified atom stereocenters. The minimum Gasteiger partial charge on any atom is -0.480 e. The van der Waals surface area contributed by atoms with Crippen molar-refractivity contribution in [3.8, 4) is 0 Å². The fourth-order valence-corrected chi connectivity index (χ4v) is 0.965. The molecule has 58 valence electrons. The molecule has 1 aliphatic carbocycles. The average molecular weight is 143 g/mol. The molecule has 0 aromatic heterocycles. The lowest BCUT2D eigenvalue weighted by molar-refractivity contribution is -0.145. The van der Waals surface area contributed by atoms with E-state index < -0.39 is 11.5 Å². The van der Waals surface area contributed by atoms with Crippen LogP contribution >= 0.6 is 0 Å². The molecule has 1 saturated carbocycles. The van der Waals surface area contributed by atoms with E-state index in [2.05, 4.69) is 0 Å². The van der Waals surface area contributed by atoms with Crippen LogP contribution in [0.5, 0.6) is 0 Å². The first kappa shape index (κ1) is 7.54. The molecule has 0 amide bonds. The lowest BCUT2D eigenvalue weighted by atomic mass is 9.85. The van der Waals surface area contributed by atoms with E-state index in [1.54, 1.807) is 6.92 Å². The Kier molecular flexibility index (Phi) is 1.30. The molecule has 3 heteroatoms. The Labute approximate surface area is 60.2 Å². The van der Waals surface area contributed by atoms with E-state index in [0.717, 1.165) is 12.8 Å². The van der Waals surface area contributed by atoms with Gasteiger partial charge in [-0.2, -0.15) is 0 Å². The fraction of sp³-hybridized carbons (Fsp3) is 0.857. The molecule has 0 aromatic carbocycles. The first-order valence-electron chi connectivity index (χ1n) is 3.42. The third-order valence-electron chi connectivity index (χ3n) is 2.70. The van der Waals surface area contributed by atoms with Crippen LogP contribution in [0.3, 0.4) is 0 Å². The quantitative estimate of drug-likeness (QED) is 0.594. The summed E-state index contributed by atoms with van der Waals surface area (Å²) in [5.74, 6) is -0.896. The van der Waals surface area contributed by atoms with Gasteiger partial charge in [0.05, 0.1) is 0 Å². The minimum absolute atomic E-state index is 0.154. The molecular weight excluding hydrogens is 130 g/mol. The van der Waals surface area contributed by atoms with Gasteiger partial charge >= 0.3 is 5.97 Å². The highest BCUT2D eigenvalue weighted by Crippen LogP contribution is 2.52. The lowest BCUT2D eigenvalue weighted by Gasteiger charge is -2.26. The number of nitrogens with two attached hydrogens (primary N) is 1. The van der Waals surface area contributed by atoms with Crippen LogP contribution in [0.2, 0.25) is 0 Å². The molecule has 0 radical (unpaired) electrons. The Bertz CT molecular complexity index is 170. The number of rotatable bonds is 2. The fourth-order valence-electron chi connectivity index (χ4n) is 0.965. The summed E-state index contributed by atoms with van der Waals surface area (Å²) < 4.78 is 0. The Morgan fingerprint density at radius 3 is 2.20 bits per heavy atom. The first-order chi connectivity index (χ1) is 4.40.